The van der Waals surface area contributed by atoms with E-state index in [1.165, 1.54) is 43.2 Å². The summed E-state index contributed by atoms with van der Waals surface area (Å²) in [6, 6.07) is 10.3. The Labute approximate surface area is 90.6 Å². The van der Waals surface area contributed by atoms with Gasteiger partial charge < -0.3 is 0 Å². The van der Waals surface area contributed by atoms with E-state index in [2.05, 4.69) is 12.1 Å². The molecular weight excluding hydrogens is 192 g/mol. The van der Waals surface area contributed by atoms with Crippen molar-refractivity contribution in [1.82, 2.24) is 0 Å². The molecule has 1 saturated carbocycles. The van der Waals surface area contributed by atoms with E-state index in [1.807, 2.05) is 18.2 Å². The highest BCUT2D eigenvalue weighted by Crippen LogP contribution is 2.32. The lowest BCUT2D eigenvalue weighted by molar-refractivity contribution is 0.602. The van der Waals surface area contributed by atoms with Crippen molar-refractivity contribution >= 4 is 16.6 Å². The first kappa shape index (κ1) is 9.79. The summed E-state index contributed by atoms with van der Waals surface area (Å²) in [5, 5.41) is 0.991. The second-order valence-electron chi connectivity index (χ2n) is 3.84. The Morgan fingerprint density at radius 1 is 0.929 bits per heavy atom. The summed E-state index contributed by atoms with van der Waals surface area (Å²) in [7, 11) is 0. The Kier molecular flexibility index (Phi) is 3.26. The number of hydrogen-bond donors (Lipinski definition) is 0. The minimum atomic E-state index is 0.991. The van der Waals surface area contributed by atoms with Crippen LogP contribution in [0.15, 0.2) is 35.9 Å². The van der Waals surface area contributed by atoms with Crippen LogP contribution >= 0.6 is 11.6 Å². The van der Waals surface area contributed by atoms with Gasteiger partial charge in [-0.05, 0) is 31.2 Å². The third-order valence-corrected chi connectivity index (χ3v) is 3.28. The number of halogens is 1. The quantitative estimate of drug-likeness (QED) is 0.630. The van der Waals surface area contributed by atoms with Crippen LogP contribution in [-0.2, 0) is 0 Å². The molecule has 2 rings (SSSR count). The molecule has 0 aromatic heterocycles. The van der Waals surface area contributed by atoms with Gasteiger partial charge in [-0.2, -0.15) is 0 Å². The van der Waals surface area contributed by atoms with Crippen LogP contribution in [-0.4, -0.2) is 0 Å². The van der Waals surface area contributed by atoms with Gasteiger partial charge in [0, 0.05) is 5.03 Å². The second-order valence-corrected chi connectivity index (χ2v) is 4.22. The number of rotatable bonds is 1. The molecule has 1 fully saturated rings. The highest BCUT2D eigenvalue weighted by molar-refractivity contribution is 6.49. The van der Waals surface area contributed by atoms with Gasteiger partial charge in [-0.1, -0.05) is 53.9 Å². The van der Waals surface area contributed by atoms with Crippen molar-refractivity contribution in [2.45, 2.75) is 32.1 Å². The van der Waals surface area contributed by atoms with Crippen LogP contribution in [0.2, 0.25) is 0 Å². The molecule has 0 atom stereocenters. The second kappa shape index (κ2) is 4.65. The molecule has 0 radical (unpaired) electrons. The minimum absolute atomic E-state index is 0.991. The van der Waals surface area contributed by atoms with Gasteiger partial charge in [0.15, 0.2) is 0 Å². The summed E-state index contributed by atoms with van der Waals surface area (Å²) in [6.07, 6.45) is 6.35. The molecule has 0 bridgehead atoms. The molecule has 1 heteroatoms. The molecule has 0 saturated heterocycles. The van der Waals surface area contributed by atoms with Gasteiger partial charge in [0.05, 0.1) is 0 Å². The zero-order chi connectivity index (χ0) is 9.80. The highest BCUT2D eigenvalue weighted by atomic mass is 35.5. The van der Waals surface area contributed by atoms with E-state index in [9.17, 15) is 0 Å². The first-order chi connectivity index (χ1) is 6.88. The Hall–Kier alpha value is -0.750. The molecule has 0 nitrogen and oxygen atoms in total. The zero-order valence-electron chi connectivity index (χ0n) is 8.30. The molecular formula is C13H15Cl. The molecule has 0 aliphatic heterocycles. The van der Waals surface area contributed by atoms with Gasteiger partial charge in [0.2, 0.25) is 0 Å². The fraction of sp³-hybridized carbons (Fsp3) is 0.385. The molecule has 0 amide bonds. The third kappa shape index (κ3) is 2.19. The van der Waals surface area contributed by atoms with Crippen molar-refractivity contribution < 1.29 is 0 Å². The number of allylic oxidation sites excluding steroid dienone is 1. The van der Waals surface area contributed by atoms with Crippen molar-refractivity contribution in [3.63, 3.8) is 0 Å². The average Bonchev–Trinajstić information content (AvgIpc) is 2.30. The maximum Gasteiger partial charge on any atom is 0.0470 e. The fourth-order valence-electron chi connectivity index (χ4n) is 1.99. The van der Waals surface area contributed by atoms with Gasteiger partial charge in [-0.3, -0.25) is 0 Å². The molecule has 14 heavy (non-hydrogen) atoms. The molecule has 1 aromatic carbocycles. The number of benzene rings is 1. The van der Waals surface area contributed by atoms with E-state index in [4.69, 9.17) is 11.6 Å². The van der Waals surface area contributed by atoms with Crippen molar-refractivity contribution in [1.29, 1.82) is 0 Å². The molecule has 0 N–H and O–H groups in total. The van der Waals surface area contributed by atoms with Gasteiger partial charge in [-0.15, -0.1) is 0 Å². The predicted molar refractivity (Wildman–Crippen MR) is 62.3 cm³/mol. The lowest BCUT2D eigenvalue weighted by Gasteiger charge is -2.15. The highest BCUT2D eigenvalue weighted by Gasteiger charge is 2.10. The zero-order valence-corrected chi connectivity index (χ0v) is 9.06. The first-order valence-electron chi connectivity index (χ1n) is 5.31. The van der Waals surface area contributed by atoms with Crippen LogP contribution in [0.5, 0.6) is 0 Å². The topological polar surface area (TPSA) is 0 Å². The van der Waals surface area contributed by atoms with Crippen LogP contribution in [0.1, 0.15) is 37.7 Å². The Bertz CT molecular complexity index is 316. The van der Waals surface area contributed by atoms with E-state index in [1.54, 1.807) is 0 Å². The SMILES string of the molecule is ClC(=C1CCCCC1)c1ccccc1. The normalized spacial score (nSPS) is 16.8. The van der Waals surface area contributed by atoms with E-state index >= 15 is 0 Å². The van der Waals surface area contributed by atoms with Gasteiger partial charge >= 0.3 is 0 Å². The molecule has 74 valence electrons. The van der Waals surface area contributed by atoms with Gasteiger partial charge in [0.25, 0.3) is 0 Å². The van der Waals surface area contributed by atoms with E-state index < -0.39 is 0 Å². The van der Waals surface area contributed by atoms with Gasteiger partial charge in [-0.25, -0.2) is 0 Å². The lowest BCUT2D eigenvalue weighted by atomic mass is 9.93. The van der Waals surface area contributed by atoms with E-state index in [-0.39, 0.29) is 0 Å². The maximum atomic E-state index is 6.36. The molecule has 1 aromatic rings. The Balaban J connectivity index is 2.25. The summed E-state index contributed by atoms with van der Waals surface area (Å²) < 4.78 is 0. The van der Waals surface area contributed by atoms with Crippen LogP contribution in [0.25, 0.3) is 5.03 Å². The fourth-order valence-corrected chi connectivity index (χ4v) is 2.30. The summed E-state index contributed by atoms with van der Waals surface area (Å²) in [5.74, 6) is 0. The standard InChI is InChI=1S/C13H15Cl/c14-13(11-7-3-1-4-8-11)12-9-5-2-6-10-12/h1,3-4,7-8H,2,5-6,9-10H2. The Morgan fingerprint density at radius 3 is 2.21 bits per heavy atom. The number of hydrogen-bond acceptors (Lipinski definition) is 0. The summed E-state index contributed by atoms with van der Waals surface area (Å²) in [6.45, 7) is 0. The van der Waals surface area contributed by atoms with Crippen molar-refractivity contribution in [3.8, 4) is 0 Å². The molecule has 0 heterocycles. The molecule has 1 aliphatic carbocycles. The third-order valence-electron chi connectivity index (χ3n) is 2.79. The summed E-state index contributed by atoms with van der Waals surface area (Å²) >= 11 is 6.36. The molecule has 1 aliphatic rings. The largest absolute Gasteiger partial charge is 0.0837 e. The molecule has 0 unspecified atom stereocenters. The van der Waals surface area contributed by atoms with Crippen LogP contribution < -0.4 is 0 Å². The van der Waals surface area contributed by atoms with Crippen LogP contribution in [0, 0.1) is 0 Å². The summed E-state index contributed by atoms with van der Waals surface area (Å²) in [4.78, 5) is 0. The van der Waals surface area contributed by atoms with E-state index in [0.717, 1.165) is 5.03 Å². The predicted octanol–water partition coefficient (Wildman–Crippen LogP) is 4.60. The minimum Gasteiger partial charge on any atom is -0.0837 e. The van der Waals surface area contributed by atoms with Crippen LogP contribution in [0.4, 0.5) is 0 Å². The molecule has 0 spiro atoms. The van der Waals surface area contributed by atoms with Crippen molar-refractivity contribution in [3.05, 3.63) is 41.5 Å². The summed E-state index contributed by atoms with van der Waals surface area (Å²) in [5.41, 5.74) is 2.62. The van der Waals surface area contributed by atoms with E-state index in [0.29, 0.717) is 0 Å². The lowest BCUT2D eigenvalue weighted by Crippen LogP contribution is -1.95. The average molecular weight is 207 g/mol. The monoisotopic (exact) mass is 206 g/mol. The Morgan fingerprint density at radius 2 is 1.57 bits per heavy atom. The van der Waals surface area contributed by atoms with Crippen LogP contribution in [0.3, 0.4) is 0 Å². The first-order valence-corrected chi connectivity index (χ1v) is 5.68. The smallest absolute Gasteiger partial charge is 0.0470 e. The maximum absolute atomic E-state index is 6.36. The van der Waals surface area contributed by atoms with Crippen molar-refractivity contribution in [2.75, 3.05) is 0 Å². The van der Waals surface area contributed by atoms with Gasteiger partial charge in [0.1, 0.15) is 0 Å². The van der Waals surface area contributed by atoms with Crippen molar-refractivity contribution in [2.24, 2.45) is 0 Å².